The van der Waals surface area contributed by atoms with Gasteiger partial charge in [-0.05, 0) is 23.8 Å². The van der Waals surface area contributed by atoms with E-state index in [1.54, 1.807) is 23.4 Å². The number of piperazine rings is 1. The molecule has 2 aromatic rings. The number of anilines is 1. The molecule has 1 aromatic heterocycles. The highest BCUT2D eigenvalue weighted by molar-refractivity contribution is 6.30. The second-order valence-electron chi connectivity index (χ2n) is 7.16. The molecule has 146 valence electrons. The van der Waals surface area contributed by atoms with Crippen LogP contribution in [0, 0.1) is 5.92 Å². The Morgan fingerprint density at radius 1 is 1.07 bits per heavy atom. The lowest BCUT2D eigenvalue weighted by Gasteiger charge is -2.35. The zero-order valence-corrected chi connectivity index (χ0v) is 16.3. The molecular formula is C20H22ClN5O2. The van der Waals surface area contributed by atoms with Crippen LogP contribution in [0.2, 0.25) is 5.02 Å². The van der Waals surface area contributed by atoms with Gasteiger partial charge >= 0.3 is 0 Å². The van der Waals surface area contributed by atoms with Gasteiger partial charge in [-0.15, -0.1) is 0 Å². The summed E-state index contributed by atoms with van der Waals surface area (Å²) < 4.78 is 0. The molecule has 0 aliphatic carbocycles. The van der Waals surface area contributed by atoms with Gasteiger partial charge in [-0.3, -0.25) is 9.59 Å². The molecule has 0 saturated carbocycles. The van der Waals surface area contributed by atoms with Crippen molar-refractivity contribution in [3.63, 3.8) is 0 Å². The first kappa shape index (κ1) is 18.7. The minimum Gasteiger partial charge on any atom is -0.339 e. The van der Waals surface area contributed by atoms with Crippen LogP contribution in [0.4, 0.5) is 5.95 Å². The van der Waals surface area contributed by atoms with E-state index in [4.69, 9.17) is 11.6 Å². The summed E-state index contributed by atoms with van der Waals surface area (Å²) >= 11 is 5.92. The summed E-state index contributed by atoms with van der Waals surface area (Å²) in [5.74, 6) is 0.532. The molecule has 0 radical (unpaired) electrons. The molecule has 4 rings (SSSR count). The Morgan fingerprint density at radius 3 is 2.43 bits per heavy atom. The fraction of sp³-hybridized carbons (Fsp3) is 0.400. The molecular weight excluding hydrogens is 378 g/mol. The maximum absolute atomic E-state index is 12.9. The largest absolute Gasteiger partial charge is 0.339 e. The lowest BCUT2D eigenvalue weighted by molar-refractivity contribution is -0.136. The molecule has 1 aromatic carbocycles. The number of nitrogens with zero attached hydrogens (tertiary/aromatic N) is 5. The number of hydrogen-bond donors (Lipinski definition) is 0. The first-order valence-corrected chi connectivity index (χ1v) is 9.81. The predicted octanol–water partition coefficient (Wildman–Crippen LogP) is 1.83. The van der Waals surface area contributed by atoms with Crippen LogP contribution in [0.3, 0.4) is 0 Å². The second kappa shape index (κ2) is 8.14. The number of hydrogen-bond acceptors (Lipinski definition) is 5. The van der Waals surface area contributed by atoms with Crippen LogP contribution in [0.5, 0.6) is 0 Å². The Morgan fingerprint density at radius 2 is 1.75 bits per heavy atom. The minimum atomic E-state index is -0.265. The summed E-state index contributed by atoms with van der Waals surface area (Å²) in [7, 11) is 0. The van der Waals surface area contributed by atoms with Gasteiger partial charge in [-0.1, -0.05) is 23.7 Å². The van der Waals surface area contributed by atoms with Crippen molar-refractivity contribution in [2.75, 3.05) is 37.6 Å². The van der Waals surface area contributed by atoms with Crippen LogP contribution in [0.25, 0.3) is 0 Å². The smallest absolute Gasteiger partial charge is 0.228 e. The van der Waals surface area contributed by atoms with E-state index >= 15 is 0 Å². The van der Waals surface area contributed by atoms with E-state index in [1.807, 2.05) is 29.2 Å². The minimum absolute atomic E-state index is 0.0321. The summed E-state index contributed by atoms with van der Waals surface area (Å²) in [5, 5.41) is 0.671. The molecule has 2 aliphatic heterocycles. The molecule has 0 spiro atoms. The van der Waals surface area contributed by atoms with Crippen LogP contribution in [-0.2, 0) is 16.1 Å². The van der Waals surface area contributed by atoms with Crippen LogP contribution in [0.1, 0.15) is 12.0 Å². The van der Waals surface area contributed by atoms with Crippen LogP contribution >= 0.6 is 11.6 Å². The van der Waals surface area contributed by atoms with E-state index in [9.17, 15) is 9.59 Å². The number of amides is 2. The number of likely N-dealkylation sites (tertiary alicyclic amines) is 1. The fourth-order valence-corrected chi connectivity index (χ4v) is 3.87. The molecule has 1 unspecified atom stereocenters. The molecule has 0 bridgehead atoms. The van der Waals surface area contributed by atoms with Crippen molar-refractivity contribution in [1.82, 2.24) is 19.8 Å². The predicted molar refractivity (Wildman–Crippen MR) is 106 cm³/mol. The molecule has 2 fully saturated rings. The summed E-state index contributed by atoms with van der Waals surface area (Å²) in [6.07, 6.45) is 3.73. The fourth-order valence-electron chi connectivity index (χ4n) is 3.74. The Hall–Kier alpha value is -2.67. The third kappa shape index (κ3) is 4.09. The Balaban J connectivity index is 1.32. The maximum Gasteiger partial charge on any atom is 0.228 e. The number of halogens is 1. The van der Waals surface area contributed by atoms with Gasteiger partial charge in [-0.2, -0.15) is 0 Å². The molecule has 28 heavy (non-hydrogen) atoms. The highest BCUT2D eigenvalue weighted by Gasteiger charge is 2.37. The van der Waals surface area contributed by atoms with Crippen molar-refractivity contribution in [1.29, 1.82) is 0 Å². The van der Waals surface area contributed by atoms with Crippen molar-refractivity contribution in [2.24, 2.45) is 5.92 Å². The highest BCUT2D eigenvalue weighted by Crippen LogP contribution is 2.23. The molecule has 0 N–H and O–H groups in total. The zero-order valence-electron chi connectivity index (χ0n) is 15.5. The highest BCUT2D eigenvalue weighted by atomic mass is 35.5. The average Bonchev–Trinajstić information content (AvgIpc) is 3.10. The summed E-state index contributed by atoms with van der Waals surface area (Å²) in [6.45, 7) is 3.63. The van der Waals surface area contributed by atoms with E-state index in [1.165, 1.54) is 0 Å². The van der Waals surface area contributed by atoms with Crippen molar-refractivity contribution < 1.29 is 9.59 Å². The summed E-state index contributed by atoms with van der Waals surface area (Å²) in [6, 6.07) is 9.24. The molecule has 2 saturated heterocycles. The molecule has 7 nitrogen and oxygen atoms in total. The average molecular weight is 400 g/mol. The first-order chi connectivity index (χ1) is 13.6. The van der Waals surface area contributed by atoms with Gasteiger partial charge in [0.2, 0.25) is 17.8 Å². The van der Waals surface area contributed by atoms with Gasteiger partial charge in [0.05, 0.1) is 5.92 Å². The first-order valence-electron chi connectivity index (χ1n) is 9.43. The third-order valence-electron chi connectivity index (χ3n) is 5.28. The van der Waals surface area contributed by atoms with Gasteiger partial charge < -0.3 is 14.7 Å². The standard InChI is InChI=1S/C20H22ClN5O2/c21-17-4-2-15(3-5-17)13-26-14-16(12-18(26)27)19(28)24-8-10-25(11-9-24)20-22-6-1-7-23-20/h1-7,16H,8-14H2. The van der Waals surface area contributed by atoms with Gasteiger partial charge in [-0.25, -0.2) is 9.97 Å². The van der Waals surface area contributed by atoms with Gasteiger partial charge in [0.25, 0.3) is 0 Å². The van der Waals surface area contributed by atoms with Gasteiger partial charge in [0.15, 0.2) is 0 Å². The quantitative estimate of drug-likeness (QED) is 0.784. The third-order valence-corrected chi connectivity index (χ3v) is 5.53. The monoisotopic (exact) mass is 399 g/mol. The normalized spacial score (nSPS) is 20.0. The van der Waals surface area contributed by atoms with Crippen molar-refractivity contribution >= 4 is 29.4 Å². The van der Waals surface area contributed by atoms with Crippen molar-refractivity contribution in [3.8, 4) is 0 Å². The number of carbonyl (C=O) groups excluding carboxylic acids is 2. The molecule has 1 atom stereocenters. The van der Waals surface area contributed by atoms with Gasteiger partial charge in [0.1, 0.15) is 0 Å². The molecule has 3 heterocycles. The van der Waals surface area contributed by atoms with E-state index in [2.05, 4.69) is 14.9 Å². The SMILES string of the molecule is O=C1CC(C(=O)N2CCN(c3ncccn3)CC2)CN1Cc1ccc(Cl)cc1. The van der Waals surface area contributed by atoms with Crippen molar-refractivity contribution in [3.05, 3.63) is 53.3 Å². The Bertz CT molecular complexity index is 837. The van der Waals surface area contributed by atoms with Crippen molar-refractivity contribution in [2.45, 2.75) is 13.0 Å². The second-order valence-corrected chi connectivity index (χ2v) is 7.60. The molecule has 8 heteroatoms. The zero-order chi connectivity index (χ0) is 19.5. The van der Waals surface area contributed by atoms with Gasteiger partial charge in [0, 0.05) is 63.1 Å². The number of benzene rings is 1. The maximum atomic E-state index is 12.9. The summed E-state index contributed by atoms with van der Waals surface area (Å²) in [4.78, 5) is 39.5. The van der Waals surface area contributed by atoms with E-state index < -0.39 is 0 Å². The number of carbonyl (C=O) groups is 2. The lowest BCUT2D eigenvalue weighted by atomic mass is 10.1. The van der Waals surface area contributed by atoms with Crippen LogP contribution in [-0.4, -0.2) is 64.3 Å². The molecule has 2 amide bonds. The molecule has 2 aliphatic rings. The van der Waals surface area contributed by atoms with E-state index in [-0.39, 0.29) is 24.2 Å². The van der Waals surface area contributed by atoms with E-state index in [0.717, 1.165) is 5.56 Å². The van der Waals surface area contributed by atoms with Crippen LogP contribution < -0.4 is 4.90 Å². The van der Waals surface area contributed by atoms with Crippen LogP contribution in [0.15, 0.2) is 42.7 Å². The summed E-state index contributed by atoms with van der Waals surface area (Å²) in [5.41, 5.74) is 1.02. The lowest BCUT2D eigenvalue weighted by Crippen LogP contribution is -2.51. The number of aromatic nitrogens is 2. The van der Waals surface area contributed by atoms with E-state index in [0.29, 0.717) is 50.2 Å². The Labute approximate surface area is 168 Å². The Kier molecular flexibility index (Phi) is 5.43. The number of rotatable bonds is 4. The topological polar surface area (TPSA) is 69.6 Å².